The first kappa shape index (κ1) is 15.8. The fourth-order valence-corrected chi connectivity index (χ4v) is 2.63. The lowest BCUT2D eigenvalue weighted by Crippen LogP contribution is -2.43. The number of piperidine rings is 1. The molecule has 0 aliphatic carbocycles. The molecule has 1 heterocycles. The van der Waals surface area contributed by atoms with Crippen LogP contribution in [0.5, 0.6) is 0 Å². The third-order valence-corrected chi connectivity index (χ3v) is 3.72. The molecular formula is C15H19F3N2O. The summed E-state index contributed by atoms with van der Waals surface area (Å²) in [6.45, 7) is 3.41. The zero-order valence-electron chi connectivity index (χ0n) is 11.8. The molecule has 0 radical (unpaired) electrons. The molecule has 1 fully saturated rings. The monoisotopic (exact) mass is 300 g/mol. The van der Waals surface area contributed by atoms with Crippen LogP contribution >= 0.6 is 0 Å². The number of benzene rings is 1. The Kier molecular flexibility index (Phi) is 4.88. The first-order valence-corrected chi connectivity index (χ1v) is 7.01. The molecular weight excluding hydrogens is 281 g/mol. The SMILES string of the molecule is CC1CNCC(C(=O)NCc2ccccc2C(F)(F)F)C1. The quantitative estimate of drug-likeness (QED) is 0.901. The first-order valence-electron chi connectivity index (χ1n) is 7.01. The van der Waals surface area contributed by atoms with E-state index < -0.39 is 11.7 Å². The minimum Gasteiger partial charge on any atom is -0.352 e. The highest BCUT2D eigenvalue weighted by Gasteiger charge is 2.33. The summed E-state index contributed by atoms with van der Waals surface area (Å²) in [5.41, 5.74) is -0.601. The van der Waals surface area contributed by atoms with Gasteiger partial charge in [0.1, 0.15) is 0 Å². The molecule has 0 aromatic heterocycles. The summed E-state index contributed by atoms with van der Waals surface area (Å²) < 4.78 is 38.6. The predicted octanol–water partition coefficient (Wildman–Crippen LogP) is 2.57. The Hall–Kier alpha value is -1.56. The molecule has 0 spiro atoms. The molecule has 0 bridgehead atoms. The molecule has 3 nitrogen and oxygen atoms in total. The van der Waals surface area contributed by atoms with Gasteiger partial charge in [0.05, 0.1) is 11.5 Å². The number of nitrogens with one attached hydrogen (secondary N) is 2. The van der Waals surface area contributed by atoms with E-state index in [0.29, 0.717) is 12.5 Å². The van der Waals surface area contributed by atoms with Crippen LogP contribution in [0.4, 0.5) is 13.2 Å². The van der Waals surface area contributed by atoms with Crippen molar-refractivity contribution >= 4 is 5.91 Å². The maximum Gasteiger partial charge on any atom is 0.416 e. The van der Waals surface area contributed by atoms with Gasteiger partial charge in [-0.3, -0.25) is 4.79 Å². The van der Waals surface area contributed by atoms with Crippen LogP contribution in [0.15, 0.2) is 24.3 Å². The van der Waals surface area contributed by atoms with Crippen molar-refractivity contribution in [2.75, 3.05) is 13.1 Å². The lowest BCUT2D eigenvalue weighted by Gasteiger charge is -2.27. The van der Waals surface area contributed by atoms with Gasteiger partial charge in [0.25, 0.3) is 0 Å². The average Bonchev–Trinajstić information content (AvgIpc) is 2.44. The van der Waals surface area contributed by atoms with Crippen LogP contribution in [0.25, 0.3) is 0 Å². The number of hydrogen-bond donors (Lipinski definition) is 2. The Balaban J connectivity index is 1.98. The second-order valence-corrected chi connectivity index (χ2v) is 5.57. The number of hydrogen-bond acceptors (Lipinski definition) is 2. The van der Waals surface area contributed by atoms with E-state index in [1.54, 1.807) is 6.07 Å². The molecule has 6 heteroatoms. The van der Waals surface area contributed by atoms with Crippen molar-refractivity contribution in [1.29, 1.82) is 0 Å². The van der Waals surface area contributed by atoms with E-state index in [2.05, 4.69) is 10.6 Å². The number of amides is 1. The Morgan fingerprint density at radius 1 is 1.33 bits per heavy atom. The predicted molar refractivity (Wildman–Crippen MR) is 73.4 cm³/mol. The van der Waals surface area contributed by atoms with E-state index in [-0.39, 0.29) is 23.9 Å². The van der Waals surface area contributed by atoms with Crippen LogP contribution < -0.4 is 10.6 Å². The maximum atomic E-state index is 12.9. The lowest BCUT2D eigenvalue weighted by molar-refractivity contribution is -0.138. The van der Waals surface area contributed by atoms with Gasteiger partial charge >= 0.3 is 6.18 Å². The Morgan fingerprint density at radius 3 is 2.71 bits per heavy atom. The molecule has 2 atom stereocenters. The molecule has 1 aliphatic rings. The summed E-state index contributed by atoms with van der Waals surface area (Å²) >= 11 is 0. The molecule has 2 N–H and O–H groups in total. The van der Waals surface area contributed by atoms with Crippen molar-refractivity contribution < 1.29 is 18.0 Å². The van der Waals surface area contributed by atoms with Gasteiger partial charge in [-0.25, -0.2) is 0 Å². The number of alkyl halides is 3. The number of carbonyl (C=O) groups excluding carboxylic acids is 1. The van der Waals surface area contributed by atoms with E-state index in [1.807, 2.05) is 6.92 Å². The fourth-order valence-electron chi connectivity index (χ4n) is 2.63. The van der Waals surface area contributed by atoms with E-state index in [4.69, 9.17) is 0 Å². The maximum absolute atomic E-state index is 12.9. The van der Waals surface area contributed by atoms with Crippen molar-refractivity contribution in [2.45, 2.75) is 26.1 Å². The van der Waals surface area contributed by atoms with Crippen molar-refractivity contribution in [3.05, 3.63) is 35.4 Å². The van der Waals surface area contributed by atoms with Crippen molar-refractivity contribution in [1.82, 2.24) is 10.6 Å². The second-order valence-electron chi connectivity index (χ2n) is 5.57. The van der Waals surface area contributed by atoms with Crippen LogP contribution in [0.2, 0.25) is 0 Å². The third-order valence-electron chi connectivity index (χ3n) is 3.72. The number of rotatable bonds is 3. The van der Waals surface area contributed by atoms with Crippen molar-refractivity contribution in [3.8, 4) is 0 Å². The highest BCUT2D eigenvalue weighted by atomic mass is 19.4. The van der Waals surface area contributed by atoms with Crippen molar-refractivity contribution in [3.63, 3.8) is 0 Å². The van der Waals surface area contributed by atoms with Crippen molar-refractivity contribution in [2.24, 2.45) is 11.8 Å². The van der Waals surface area contributed by atoms with Gasteiger partial charge in [-0.1, -0.05) is 25.1 Å². The Bertz CT molecular complexity index is 502. The zero-order chi connectivity index (χ0) is 15.5. The summed E-state index contributed by atoms with van der Waals surface area (Å²) in [5, 5.41) is 5.78. The zero-order valence-corrected chi connectivity index (χ0v) is 11.8. The molecule has 2 unspecified atom stereocenters. The van der Waals surface area contributed by atoms with Gasteiger partial charge in [-0.05, 0) is 30.5 Å². The standard InChI is InChI=1S/C15H19F3N2O/c1-10-6-12(8-19-7-10)14(21)20-9-11-4-2-3-5-13(11)15(16,17)18/h2-5,10,12,19H,6-9H2,1H3,(H,20,21). The minimum absolute atomic E-state index is 0.0927. The van der Waals surface area contributed by atoms with E-state index in [9.17, 15) is 18.0 Å². The van der Waals surface area contributed by atoms with E-state index >= 15 is 0 Å². The number of halogens is 3. The summed E-state index contributed by atoms with van der Waals surface area (Å²) in [4.78, 5) is 12.0. The van der Waals surface area contributed by atoms with Gasteiger partial charge < -0.3 is 10.6 Å². The van der Waals surface area contributed by atoms with Gasteiger partial charge in [0.2, 0.25) is 5.91 Å². The van der Waals surface area contributed by atoms with Gasteiger partial charge in [0.15, 0.2) is 0 Å². The summed E-state index contributed by atoms with van der Waals surface area (Å²) in [5.74, 6) is 0.0368. The van der Waals surface area contributed by atoms with Crippen LogP contribution in [-0.4, -0.2) is 19.0 Å². The highest BCUT2D eigenvalue weighted by Crippen LogP contribution is 2.31. The normalized spacial score (nSPS) is 22.9. The smallest absolute Gasteiger partial charge is 0.352 e. The molecule has 1 aliphatic heterocycles. The topological polar surface area (TPSA) is 41.1 Å². The molecule has 1 saturated heterocycles. The van der Waals surface area contributed by atoms with Gasteiger partial charge in [-0.15, -0.1) is 0 Å². The second kappa shape index (κ2) is 6.47. The molecule has 116 valence electrons. The molecule has 1 amide bonds. The molecule has 1 aromatic carbocycles. The van der Waals surface area contributed by atoms with Gasteiger partial charge in [-0.2, -0.15) is 13.2 Å². The van der Waals surface area contributed by atoms with Crippen LogP contribution in [-0.2, 0) is 17.5 Å². The van der Waals surface area contributed by atoms with E-state index in [1.165, 1.54) is 12.1 Å². The first-order chi connectivity index (χ1) is 9.88. The molecule has 2 rings (SSSR count). The van der Waals surface area contributed by atoms with Crippen LogP contribution in [0.3, 0.4) is 0 Å². The van der Waals surface area contributed by atoms with E-state index in [0.717, 1.165) is 19.0 Å². The fraction of sp³-hybridized carbons (Fsp3) is 0.533. The number of carbonyl (C=O) groups is 1. The summed E-state index contributed by atoms with van der Waals surface area (Å²) in [7, 11) is 0. The summed E-state index contributed by atoms with van der Waals surface area (Å²) in [6, 6.07) is 5.32. The summed E-state index contributed by atoms with van der Waals surface area (Å²) in [6.07, 6.45) is -3.64. The molecule has 1 aromatic rings. The average molecular weight is 300 g/mol. The van der Waals surface area contributed by atoms with Crippen LogP contribution in [0, 0.1) is 11.8 Å². The lowest BCUT2D eigenvalue weighted by atomic mass is 9.91. The molecule has 21 heavy (non-hydrogen) atoms. The molecule has 0 saturated carbocycles. The highest BCUT2D eigenvalue weighted by molar-refractivity contribution is 5.79. The largest absolute Gasteiger partial charge is 0.416 e. The third kappa shape index (κ3) is 4.20. The minimum atomic E-state index is -4.40. The Labute approximate surface area is 121 Å². The van der Waals surface area contributed by atoms with Gasteiger partial charge in [0, 0.05) is 13.1 Å². The Morgan fingerprint density at radius 2 is 2.05 bits per heavy atom. The van der Waals surface area contributed by atoms with Crippen LogP contribution in [0.1, 0.15) is 24.5 Å².